The highest BCUT2D eigenvalue weighted by molar-refractivity contribution is 6.02. The summed E-state index contributed by atoms with van der Waals surface area (Å²) in [5, 5.41) is 11.5. The van der Waals surface area contributed by atoms with E-state index < -0.39 is 6.10 Å². The molecule has 0 amide bonds. The van der Waals surface area contributed by atoms with E-state index in [1.165, 1.54) is 12.8 Å². The van der Waals surface area contributed by atoms with Crippen molar-refractivity contribution in [3.8, 4) is 0 Å². The third-order valence-electron chi connectivity index (χ3n) is 5.50. The number of nitrogens with zero attached hydrogens (tertiary/aromatic N) is 3. The summed E-state index contributed by atoms with van der Waals surface area (Å²) in [6.45, 7) is 8.62. The van der Waals surface area contributed by atoms with Gasteiger partial charge >= 0.3 is 0 Å². The minimum atomic E-state index is -0.593. The maximum atomic E-state index is 10.4. The van der Waals surface area contributed by atoms with Gasteiger partial charge in [-0.2, -0.15) is 0 Å². The summed E-state index contributed by atoms with van der Waals surface area (Å²) in [6, 6.07) is 8.59. The van der Waals surface area contributed by atoms with E-state index in [2.05, 4.69) is 42.5 Å². The lowest BCUT2D eigenvalue weighted by molar-refractivity contribution is 0.179. The number of rotatable bonds is 8. The Bertz CT molecular complexity index is 868. The average molecular weight is 354 g/mol. The topological polar surface area (TPSA) is 50.9 Å². The summed E-state index contributed by atoms with van der Waals surface area (Å²) >= 11 is 0. The van der Waals surface area contributed by atoms with Crippen molar-refractivity contribution in [3.63, 3.8) is 0 Å². The van der Waals surface area contributed by atoms with Gasteiger partial charge in [-0.1, -0.05) is 51.8 Å². The molecule has 2 aromatic heterocycles. The van der Waals surface area contributed by atoms with Crippen LogP contribution in [0, 0.1) is 5.92 Å². The fourth-order valence-electron chi connectivity index (χ4n) is 3.82. The lowest BCUT2D eigenvalue weighted by Gasteiger charge is -2.24. The second-order valence-electron chi connectivity index (χ2n) is 7.56. The number of hydrogen-bond donors (Lipinski definition) is 1. The summed E-state index contributed by atoms with van der Waals surface area (Å²) in [7, 11) is 0. The largest absolute Gasteiger partial charge is 0.385 e. The molecular formula is C22H31N3O. The average Bonchev–Trinajstić information content (AvgIpc) is 3.05. The van der Waals surface area contributed by atoms with Crippen LogP contribution in [0.1, 0.15) is 77.8 Å². The van der Waals surface area contributed by atoms with Gasteiger partial charge < -0.3 is 9.67 Å². The van der Waals surface area contributed by atoms with Crippen LogP contribution in [0.25, 0.3) is 21.9 Å². The number of hydrogen-bond acceptors (Lipinski definition) is 3. The highest BCUT2D eigenvalue weighted by atomic mass is 16.3. The summed E-state index contributed by atoms with van der Waals surface area (Å²) in [4.78, 5) is 9.32. The zero-order valence-corrected chi connectivity index (χ0v) is 16.4. The van der Waals surface area contributed by atoms with Gasteiger partial charge in [0.05, 0.1) is 17.2 Å². The number of benzene rings is 1. The van der Waals surface area contributed by atoms with Crippen molar-refractivity contribution in [3.05, 3.63) is 36.3 Å². The Balaban J connectivity index is 2.19. The molecule has 0 aliphatic rings. The number of aromatic nitrogens is 3. The van der Waals surface area contributed by atoms with E-state index in [0.29, 0.717) is 6.04 Å². The van der Waals surface area contributed by atoms with Crippen molar-refractivity contribution in [1.82, 2.24) is 14.5 Å². The molecule has 26 heavy (non-hydrogen) atoms. The quantitative estimate of drug-likeness (QED) is 0.556. The first-order valence-electron chi connectivity index (χ1n) is 10.00. The molecule has 0 aliphatic carbocycles. The molecule has 4 nitrogen and oxygen atoms in total. The predicted octanol–water partition coefficient (Wildman–Crippen LogP) is 5.81. The molecule has 3 atom stereocenters. The first-order valence-corrected chi connectivity index (χ1v) is 10.00. The van der Waals surface area contributed by atoms with E-state index in [-0.39, 0.29) is 0 Å². The third-order valence-corrected chi connectivity index (χ3v) is 5.50. The van der Waals surface area contributed by atoms with Crippen LogP contribution < -0.4 is 0 Å². The standard InChI is InChI=1S/C22H31N3O/c1-5-9-17(13-12-15(3)6-2)25-21-18-10-7-8-11-19(18)23-14-20(21)24-22(25)16(4)26/h7-8,10-11,14-17,26H,5-6,9,12-13H2,1-4H3/t15?,16-,17?/m1/s1. The van der Waals surface area contributed by atoms with Crippen molar-refractivity contribution in [2.45, 2.75) is 71.9 Å². The van der Waals surface area contributed by atoms with Gasteiger partial charge in [0.15, 0.2) is 0 Å². The zero-order valence-electron chi connectivity index (χ0n) is 16.4. The SMILES string of the molecule is CCCC(CCC(C)CC)n1c([C@@H](C)O)nc2cnc3ccccc3c21. The van der Waals surface area contributed by atoms with Crippen molar-refractivity contribution in [2.75, 3.05) is 0 Å². The van der Waals surface area contributed by atoms with Gasteiger partial charge in [0.2, 0.25) is 0 Å². The summed E-state index contributed by atoms with van der Waals surface area (Å²) in [5.74, 6) is 1.48. The molecule has 0 bridgehead atoms. The molecule has 0 saturated heterocycles. The molecule has 3 aromatic rings. The minimum absolute atomic E-state index is 0.356. The Morgan fingerprint density at radius 2 is 1.81 bits per heavy atom. The van der Waals surface area contributed by atoms with Gasteiger partial charge in [0, 0.05) is 11.4 Å². The van der Waals surface area contributed by atoms with Gasteiger partial charge in [0.1, 0.15) is 17.4 Å². The van der Waals surface area contributed by atoms with Crippen molar-refractivity contribution >= 4 is 21.9 Å². The molecule has 2 unspecified atom stereocenters. The second-order valence-corrected chi connectivity index (χ2v) is 7.56. The van der Waals surface area contributed by atoms with Crippen molar-refractivity contribution < 1.29 is 5.11 Å². The van der Waals surface area contributed by atoms with Gasteiger partial charge in [-0.15, -0.1) is 0 Å². The molecule has 0 saturated carbocycles. The maximum absolute atomic E-state index is 10.4. The second kappa shape index (κ2) is 8.17. The lowest BCUT2D eigenvalue weighted by Crippen LogP contribution is -2.15. The summed E-state index contributed by atoms with van der Waals surface area (Å²) < 4.78 is 2.32. The molecule has 4 heteroatoms. The Morgan fingerprint density at radius 3 is 2.50 bits per heavy atom. The normalized spacial score (nSPS) is 15.4. The van der Waals surface area contributed by atoms with E-state index in [4.69, 9.17) is 4.98 Å². The number of aliphatic hydroxyl groups is 1. The third kappa shape index (κ3) is 3.61. The Hall–Kier alpha value is -1.94. The maximum Gasteiger partial charge on any atom is 0.138 e. The molecule has 0 fully saturated rings. The molecular weight excluding hydrogens is 322 g/mol. The zero-order chi connectivity index (χ0) is 18.7. The van der Waals surface area contributed by atoms with E-state index >= 15 is 0 Å². The van der Waals surface area contributed by atoms with Crippen LogP contribution >= 0.6 is 0 Å². The number of fused-ring (bicyclic) bond motifs is 3. The number of para-hydroxylation sites is 1. The molecule has 0 aliphatic heterocycles. The van der Waals surface area contributed by atoms with Crippen molar-refractivity contribution in [1.29, 1.82) is 0 Å². The summed E-state index contributed by atoms with van der Waals surface area (Å²) in [5.41, 5.74) is 2.98. The highest BCUT2D eigenvalue weighted by Gasteiger charge is 2.23. The van der Waals surface area contributed by atoms with E-state index in [0.717, 1.165) is 52.9 Å². The van der Waals surface area contributed by atoms with Crippen LogP contribution in [0.2, 0.25) is 0 Å². The van der Waals surface area contributed by atoms with Gasteiger partial charge in [-0.05, 0) is 38.2 Å². The van der Waals surface area contributed by atoms with Crippen LogP contribution in [-0.4, -0.2) is 19.6 Å². The fourth-order valence-corrected chi connectivity index (χ4v) is 3.82. The van der Waals surface area contributed by atoms with Crippen LogP contribution in [0.3, 0.4) is 0 Å². The molecule has 2 heterocycles. The van der Waals surface area contributed by atoms with E-state index in [9.17, 15) is 5.11 Å². The lowest BCUT2D eigenvalue weighted by atomic mass is 9.96. The van der Waals surface area contributed by atoms with Crippen LogP contribution in [0.5, 0.6) is 0 Å². The molecule has 0 spiro atoms. The molecule has 1 aromatic carbocycles. The molecule has 1 N–H and O–H groups in total. The monoisotopic (exact) mass is 353 g/mol. The smallest absolute Gasteiger partial charge is 0.138 e. The highest BCUT2D eigenvalue weighted by Crippen LogP contribution is 2.34. The van der Waals surface area contributed by atoms with Crippen LogP contribution in [0.4, 0.5) is 0 Å². The Labute approximate surface area is 156 Å². The van der Waals surface area contributed by atoms with Gasteiger partial charge in [-0.3, -0.25) is 4.98 Å². The van der Waals surface area contributed by atoms with Gasteiger partial charge in [0.25, 0.3) is 0 Å². The van der Waals surface area contributed by atoms with E-state index in [1.54, 1.807) is 0 Å². The number of aliphatic hydroxyl groups excluding tert-OH is 1. The summed E-state index contributed by atoms with van der Waals surface area (Å²) in [6.07, 6.45) is 6.99. The first-order chi connectivity index (χ1) is 12.6. The van der Waals surface area contributed by atoms with Crippen LogP contribution in [-0.2, 0) is 0 Å². The fraction of sp³-hybridized carbons (Fsp3) is 0.545. The Kier molecular flexibility index (Phi) is 5.92. The molecule has 0 radical (unpaired) electrons. The number of imidazole rings is 1. The minimum Gasteiger partial charge on any atom is -0.385 e. The van der Waals surface area contributed by atoms with E-state index in [1.807, 2.05) is 25.3 Å². The van der Waals surface area contributed by atoms with Crippen LogP contribution in [0.15, 0.2) is 30.5 Å². The predicted molar refractivity (Wildman–Crippen MR) is 108 cm³/mol. The van der Waals surface area contributed by atoms with Gasteiger partial charge in [-0.25, -0.2) is 4.98 Å². The van der Waals surface area contributed by atoms with Crippen molar-refractivity contribution in [2.24, 2.45) is 5.92 Å². The first kappa shape index (κ1) is 18.8. The molecule has 140 valence electrons. The Morgan fingerprint density at radius 1 is 1.04 bits per heavy atom. The number of pyridine rings is 1. The molecule has 3 rings (SSSR count).